The quantitative estimate of drug-likeness (QED) is 0.431. The van der Waals surface area contributed by atoms with Crippen molar-refractivity contribution in [2.45, 2.75) is 40.5 Å². The van der Waals surface area contributed by atoms with Crippen LogP contribution in [0.5, 0.6) is 0 Å². The van der Waals surface area contributed by atoms with Gasteiger partial charge in [0.05, 0.1) is 11.4 Å². The van der Waals surface area contributed by atoms with Gasteiger partial charge >= 0.3 is 0 Å². The predicted octanol–water partition coefficient (Wildman–Crippen LogP) is 2.56. The highest BCUT2D eigenvalue weighted by Crippen LogP contribution is 2.39. The van der Waals surface area contributed by atoms with Crippen molar-refractivity contribution < 1.29 is 9.21 Å². The smallest absolute Gasteiger partial charge is 0.293 e. The monoisotopic (exact) mass is 374 g/mol. The number of furan rings is 1. The van der Waals surface area contributed by atoms with Crippen LogP contribution in [0.4, 0.5) is 5.13 Å². The molecule has 2 aromatic rings. The third-order valence-corrected chi connectivity index (χ3v) is 5.00. The summed E-state index contributed by atoms with van der Waals surface area (Å²) in [6.07, 6.45) is 1.39. The number of fused-ring (bicyclic) bond motifs is 1. The number of aromatic nitrogens is 1. The molecule has 138 valence electrons. The lowest BCUT2D eigenvalue weighted by Crippen LogP contribution is -2.27. The summed E-state index contributed by atoms with van der Waals surface area (Å²) in [7, 11) is 0. The van der Waals surface area contributed by atoms with Gasteiger partial charge in [-0.05, 0) is 25.7 Å². The lowest BCUT2D eigenvalue weighted by Gasteiger charge is -2.29. The molecule has 0 aliphatic heterocycles. The molecule has 0 fully saturated rings. The number of rotatable bonds is 3. The molecule has 1 amide bonds. The number of aryl methyl sites for hydroxylation is 1. The van der Waals surface area contributed by atoms with Crippen LogP contribution in [0, 0.1) is 19.3 Å². The molecule has 2 heterocycles. The molecule has 0 saturated carbocycles. The van der Waals surface area contributed by atoms with Crippen molar-refractivity contribution >= 4 is 34.0 Å². The number of amides is 1. The summed E-state index contributed by atoms with van der Waals surface area (Å²) in [5.41, 5.74) is 13.8. The summed E-state index contributed by atoms with van der Waals surface area (Å²) in [5, 5.41) is 13.2. The van der Waals surface area contributed by atoms with E-state index in [4.69, 9.17) is 15.9 Å². The molecule has 0 aromatic carbocycles. The van der Waals surface area contributed by atoms with Gasteiger partial charge < -0.3 is 15.9 Å². The first-order valence-electron chi connectivity index (χ1n) is 8.18. The van der Waals surface area contributed by atoms with E-state index in [0.29, 0.717) is 18.0 Å². The lowest BCUT2D eigenvalue weighted by molar-refractivity contribution is 0.0993. The first-order chi connectivity index (χ1) is 12.2. The fourth-order valence-corrected chi connectivity index (χ4v) is 3.78. The highest BCUT2D eigenvalue weighted by Gasteiger charge is 2.36. The molecule has 2 aromatic heterocycles. The summed E-state index contributed by atoms with van der Waals surface area (Å²) in [6, 6.07) is 0. The Bertz CT molecular complexity index is 918. The van der Waals surface area contributed by atoms with Gasteiger partial charge in [-0.2, -0.15) is 5.10 Å². The molecular weight excluding hydrogens is 352 g/mol. The molecule has 0 radical (unpaired) electrons. The number of anilines is 1. The van der Waals surface area contributed by atoms with Crippen molar-refractivity contribution in [3.8, 4) is 0 Å². The summed E-state index contributed by atoms with van der Waals surface area (Å²) >= 11 is 1.37. The van der Waals surface area contributed by atoms with Gasteiger partial charge in [0.25, 0.3) is 5.91 Å². The van der Waals surface area contributed by atoms with E-state index < -0.39 is 0 Å². The van der Waals surface area contributed by atoms with E-state index in [0.717, 1.165) is 28.3 Å². The summed E-state index contributed by atoms with van der Waals surface area (Å²) < 4.78 is 5.92. The molecule has 9 heteroatoms. The maximum atomic E-state index is 12.7. The lowest BCUT2D eigenvalue weighted by atomic mass is 9.75. The fourth-order valence-electron chi connectivity index (χ4n) is 3.10. The number of nitrogens with zero attached hydrogens (tertiary/aromatic N) is 3. The van der Waals surface area contributed by atoms with Gasteiger partial charge in [-0.15, -0.1) is 16.4 Å². The zero-order valence-corrected chi connectivity index (χ0v) is 16.0. The number of carbonyl (C=O) groups is 1. The van der Waals surface area contributed by atoms with Crippen LogP contribution in [0.1, 0.15) is 53.4 Å². The topological polar surface area (TPSA) is 132 Å². The highest BCUT2D eigenvalue weighted by molar-refractivity contribution is 7.13. The number of hydrogen-bond acceptors (Lipinski definition) is 6. The summed E-state index contributed by atoms with van der Waals surface area (Å²) in [5.74, 6) is 0.549. The predicted molar refractivity (Wildman–Crippen MR) is 103 cm³/mol. The summed E-state index contributed by atoms with van der Waals surface area (Å²) in [6.45, 7) is 7.93. The van der Waals surface area contributed by atoms with Crippen molar-refractivity contribution in [3.63, 3.8) is 0 Å². The number of nitrogens with one attached hydrogen (secondary N) is 1. The normalized spacial score (nSPS) is 17.0. The van der Waals surface area contributed by atoms with Crippen LogP contribution < -0.4 is 16.8 Å². The molecule has 0 atom stereocenters. The van der Waals surface area contributed by atoms with E-state index >= 15 is 0 Å². The van der Waals surface area contributed by atoms with E-state index in [1.807, 2.05) is 19.2 Å². The Morgan fingerprint density at radius 2 is 2.08 bits per heavy atom. The van der Waals surface area contributed by atoms with E-state index in [2.05, 4.69) is 34.4 Å². The molecule has 0 unspecified atom stereocenters. The molecule has 3 rings (SSSR count). The van der Waals surface area contributed by atoms with Gasteiger partial charge in [0.2, 0.25) is 5.96 Å². The summed E-state index contributed by atoms with van der Waals surface area (Å²) in [4.78, 5) is 16.9. The minimum atomic E-state index is -0.328. The Kier molecular flexibility index (Phi) is 4.57. The third-order valence-electron chi connectivity index (χ3n) is 4.13. The number of guanidine groups is 1. The highest BCUT2D eigenvalue weighted by atomic mass is 32.1. The average molecular weight is 374 g/mol. The van der Waals surface area contributed by atoms with Crippen molar-refractivity contribution in [2.24, 2.45) is 27.1 Å². The fraction of sp³-hybridized carbons (Fsp3) is 0.412. The Labute approximate surface area is 155 Å². The molecule has 0 saturated heterocycles. The van der Waals surface area contributed by atoms with E-state index in [1.165, 1.54) is 11.3 Å². The number of hydrogen-bond donors (Lipinski definition) is 3. The zero-order chi connectivity index (χ0) is 19.1. The third kappa shape index (κ3) is 3.62. The Balaban J connectivity index is 2.00. The van der Waals surface area contributed by atoms with Gasteiger partial charge in [0.1, 0.15) is 5.76 Å². The largest absolute Gasteiger partial charge is 0.455 e. The second kappa shape index (κ2) is 6.56. The zero-order valence-electron chi connectivity index (χ0n) is 15.2. The second-order valence-corrected chi connectivity index (χ2v) is 8.05. The molecule has 1 aliphatic carbocycles. The molecule has 5 N–H and O–H groups in total. The molecule has 0 bridgehead atoms. The van der Waals surface area contributed by atoms with E-state index in [1.54, 1.807) is 0 Å². The van der Waals surface area contributed by atoms with E-state index in [9.17, 15) is 4.79 Å². The van der Waals surface area contributed by atoms with E-state index in [-0.39, 0.29) is 23.0 Å². The van der Waals surface area contributed by atoms with Crippen molar-refractivity contribution in [2.75, 3.05) is 5.32 Å². The maximum absolute atomic E-state index is 12.7. The Hall–Kier alpha value is -2.68. The van der Waals surface area contributed by atoms with Crippen molar-refractivity contribution in [1.29, 1.82) is 0 Å². The van der Waals surface area contributed by atoms with Gasteiger partial charge in [0.15, 0.2) is 10.9 Å². The second-order valence-electron chi connectivity index (χ2n) is 7.19. The first kappa shape index (κ1) is 18.1. The standard InChI is InChI=1S/C17H22N6O2S/c1-8-7-26-16(20-8)21-14(24)13-9(2)12-10(22-23-15(18)19)5-17(3,4)6-11(12)25-13/h7H,5-6H2,1-4H3,(H4,18,19,23)(H,20,21,24)/b22-10-. The Morgan fingerprint density at radius 1 is 1.35 bits per heavy atom. The maximum Gasteiger partial charge on any atom is 0.293 e. The number of carbonyl (C=O) groups excluding carboxylic acids is 1. The van der Waals surface area contributed by atoms with Crippen LogP contribution in [0.2, 0.25) is 0 Å². The van der Waals surface area contributed by atoms with Crippen LogP contribution in [0.25, 0.3) is 0 Å². The first-order valence-corrected chi connectivity index (χ1v) is 9.06. The molecule has 1 aliphatic rings. The van der Waals surface area contributed by atoms with Crippen LogP contribution in [-0.4, -0.2) is 22.6 Å². The Morgan fingerprint density at radius 3 is 2.69 bits per heavy atom. The minimum absolute atomic E-state index is 0.0742. The molecular formula is C17H22N6O2S. The van der Waals surface area contributed by atoms with Gasteiger partial charge in [-0.1, -0.05) is 13.8 Å². The average Bonchev–Trinajstić information content (AvgIpc) is 3.07. The molecule has 26 heavy (non-hydrogen) atoms. The molecule has 0 spiro atoms. The molecule has 8 nitrogen and oxygen atoms in total. The number of thiazole rings is 1. The minimum Gasteiger partial charge on any atom is -0.455 e. The van der Waals surface area contributed by atoms with Gasteiger partial charge in [0, 0.05) is 22.9 Å². The van der Waals surface area contributed by atoms with Crippen molar-refractivity contribution in [3.05, 3.63) is 33.7 Å². The van der Waals surface area contributed by atoms with Crippen LogP contribution >= 0.6 is 11.3 Å². The number of nitrogens with two attached hydrogens (primary N) is 2. The van der Waals surface area contributed by atoms with Crippen LogP contribution in [0.3, 0.4) is 0 Å². The van der Waals surface area contributed by atoms with Crippen LogP contribution in [0.15, 0.2) is 20.0 Å². The SMILES string of the molecule is Cc1csc(NC(=O)c2oc3c(c2C)/C(=N\N=C(N)N)CC(C)(C)C3)n1. The van der Waals surface area contributed by atoms with Gasteiger partial charge in [-0.3, -0.25) is 10.1 Å². The van der Waals surface area contributed by atoms with Gasteiger partial charge in [-0.25, -0.2) is 4.98 Å². The van der Waals surface area contributed by atoms with Crippen molar-refractivity contribution in [1.82, 2.24) is 4.98 Å². The van der Waals surface area contributed by atoms with Crippen LogP contribution in [-0.2, 0) is 6.42 Å².